The quantitative estimate of drug-likeness (QED) is 0.538. The molecule has 0 spiro atoms. The van der Waals surface area contributed by atoms with E-state index in [1.165, 1.54) is 9.21 Å². The number of hydrogen-bond donors (Lipinski definition) is 3. The van der Waals surface area contributed by atoms with Crippen molar-refractivity contribution in [2.24, 2.45) is 5.92 Å². The van der Waals surface area contributed by atoms with Crippen molar-refractivity contribution in [1.29, 1.82) is 0 Å². The topological polar surface area (TPSA) is 128 Å². The second-order valence-corrected chi connectivity index (χ2v) is 10.4. The Morgan fingerprint density at radius 3 is 2.34 bits per heavy atom. The molecule has 2 aromatic carbocycles. The molecule has 10 nitrogen and oxygen atoms in total. The van der Waals surface area contributed by atoms with Gasteiger partial charge in [-0.3, -0.25) is 9.69 Å². The molecule has 0 saturated carbocycles. The summed E-state index contributed by atoms with van der Waals surface area (Å²) in [5.74, 6) is -0.0583. The van der Waals surface area contributed by atoms with Crippen molar-refractivity contribution >= 4 is 28.2 Å². The molecule has 1 saturated heterocycles. The van der Waals surface area contributed by atoms with Crippen molar-refractivity contribution in [1.82, 2.24) is 24.6 Å². The lowest BCUT2D eigenvalue weighted by Crippen LogP contribution is -2.49. The SMILES string of the molecule is O=C(NCc1ccccc1)NS(=O)(=O)N1CCC(CCNC(=O)N2Cc3ccccc3C2=O)CC1. The van der Waals surface area contributed by atoms with Gasteiger partial charge in [-0.1, -0.05) is 48.5 Å². The first-order valence-corrected chi connectivity index (χ1v) is 13.0. The van der Waals surface area contributed by atoms with Gasteiger partial charge in [0.15, 0.2) is 0 Å². The molecule has 0 unspecified atom stereocenters. The Bertz CT molecular complexity index is 1180. The molecule has 3 N–H and O–H groups in total. The molecule has 0 radical (unpaired) electrons. The number of rotatable bonds is 7. The number of nitrogens with zero attached hydrogens (tertiary/aromatic N) is 2. The minimum absolute atomic E-state index is 0.227. The molecule has 1 fully saturated rings. The summed E-state index contributed by atoms with van der Waals surface area (Å²) in [5, 5.41) is 5.35. The number of imide groups is 1. The fraction of sp³-hybridized carbons (Fsp3) is 0.375. The van der Waals surface area contributed by atoms with Gasteiger partial charge in [0.25, 0.3) is 5.91 Å². The molecule has 0 bridgehead atoms. The minimum Gasteiger partial charge on any atom is -0.338 e. The van der Waals surface area contributed by atoms with Crippen molar-refractivity contribution in [2.75, 3.05) is 19.6 Å². The van der Waals surface area contributed by atoms with Gasteiger partial charge < -0.3 is 10.6 Å². The van der Waals surface area contributed by atoms with Gasteiger partial charge in [0, 0.05) is 31.7 Å². The van der Waals surface area contributed by atoms with E-state index in [0.29, 0.717) is 44.5 Å². The third kappa shape index (κ3) is 6.17. The zero-order valence-corrected chi connectivity index (χ0v) is 20.1. The zero-order valence-electron chi connectivity index (χ0n) is 19.3. The average Bonchev–Trinajstić information content (AvgIpc) is 3.20. The Morgan fingerprint density at radius 1 is 0.943 bits per heavy atom. The summed E-state index contributed by atoms with van der Waals surface area (Å²) < 4.78 is 28.4. The lowest BCUT2D eigenvalue weighted by atomic mass is 9.95. The Balaban J connectivity index is 1.16. The van der Waals surface area contributed by atoms with Crippen LogP contribution in [0, 0.1) is 5.92 Å². The number of benzene rings is 2. The van der Waals surface area contributed by atoms with Crippen LogP contribution in [-0.4, -0.2) is 55.2 Å². The highest BCUT2D eigenvalue weighted by molar-refractivity contribution is 7.87. The molecule has 2 aromatic rings. The molecule has 0 aromatic heterocycles. The largest absolute Gasteiger partial charge is 0.338 e. The van der Waals surface area contributed by atoms with Crippen LogP contribution in [0.2, 0.25) is 0 Å². The molecule has 11 heteroatoms. The molecule has 5 amide bonds. The number of fused-ring (bicyclic) bond motifs is 1. The summed E-state index contributed by atoms with van der Waals surface area (Å²) >= 11 is 0. The molecule has 4 rings (SSSR count). The van der Waals surface area contributed by atoms with Crippen molar-refractivity contribution in [3.05, 3.63) is 71.3 Å². The van der Waals surface area contributed by atoms with Crippen LogP contribution < -0.4 is 15.4 Å². The van der Waals surface area contributed by atoms with Crippen LogP contribution in [0.15, 0.2) is 54.6 Å². The van der Waals surface area contributed by atoms with Gasteiger partial charge in [-0.2, -0.15) is 12.7 Å². The van der Waals surface area contributed by atoms with Crippen molar-refractivity contribution in [2.45, 2.75) is 32.4 Å². The highest BCUT2D eigenvalue weighted by Crippen LogP contribution is 2.23. The predicted octanol–water partition coefficient (Wildman–Crippen LogP) is 2.20. The third-order valence-corrected chi connectivity index (χ3v) is 7.81. The number of carbonyl (C=O) groups is 3. The highest BCUT2D eigenvalue weighted by atomic mass is 32.2. The lowest BCUT2D eigenvalue weighted by Gasteiger charge is -2.31. The van der Waals surface area contributed by atoms with Gasteiger partial charge in [-0.25, -0.2) is 14.3 Å². The van der Waals surface area contributed by atoms with Crippen LogP contribution in [0.4, 0.5) is 9.59 Å². The number of amides is 5. The summed E-state index contributed by atoms with van der Waals surface area (Å²) in [6.45, 7) is 1.48. The van der Waals surface area contributed by atoms with Crippen molar-refractivity contribution < 1.29 is 22.8 Å². The molecule has 2 aliphatic heterocycles. The maximum Gasteiger partial charge on any atom is 0.329 e. The normalized spacial score (nSPS) is 16.6. The fourth-order valence-electron chi connectivity index (χ4n) is 4.33. The number of urea groups is 2. The molecule has 0 aliphatic carbocycles. The van der Waals surface area contributed by atoms with Crippen LogP contribution in [-0.2, 0) is 23.3 Å². The number of piperidine rings is 1. The third-order valence-electron chi connectivity index (χ3n) is 6.33. The first-order valence-electron chi connectivity index (χ1n) is 11.6. The minimum atomic E-state index is -3.93. The molecular formula is C24H29N5O5S. The summed E-state index contributed by atoms with van der Waals surface area (Å²) in [5.41, 5.74) is 2.26. The molecule has 2 aliphatic rings. The number of carbonyl (C=O) groups excluding carboxylic acids is 3. The Morgan fingerprint density at radius 2 is 1.63 bits per heavy atom. The van der Waals surface area contributed by atoms with E-state index in [4.69, 9.17) is 0 Å². The Hall–Kier alpha value is -3.44. The number of nitrogens with one attached hydrogen (secondary N) is 3. The second kappa shape index (κ2) is 10.9. The van der Waals surface area contributed by atoms with E-state index in [-0.39, 0.29) is 24.9 Å². The number of hydrogen-bond acceptors (Lipinski definition) is 5. The molecule has 35 heavy (non-hydrogen) atoms. The summed E-state index contributed by atoms with van der Waals surface area (Å²) in [4.78, 5) is 38.1. The smallest absolute Gasteiger partial charge is 0.329 e. The fourth-order valence-corrected chi connectivity index (χ4v) is 5.46. The second-order valence-electron chi connectivity index (χ2n) is 8.69. The molecule has 2 heterocycles. The Kier molecular flexibility index (Phi) is 7.67. The van der Waals surface area contributed by atoms with Gasteiger partial charge in [0.2, 0.25) is 0 Å². The average molecular weight is 500 g/mol. The van der Waals surface area contributed by atoms with E-state index in [0.717, 1.165) is 11.1 Å². The first-order chi connectivity index (χ1) is 16.8. The van der Waals surface area contributed by atoms with E-state index in [1.807, 2.05) is 42.5 Å². The van der Waals surface area contributed by atoms with E-state index in [1.54, 1.807) is 12.1 Å². The lowest BCUT2D eigenvalue weighted by molar-refractivity contribution is 0.0820. The summed E-state index contributed by atoms with van der Waals surface area (Å²) in [6, 6.07) is 15.2. The monoisotopic (exact) mass is 499 g/mol. The van der Waals surface area contributed by atoms with E-state index >= 15 is 0 Å². The highest BCUT2D eigenvalue weighted by Gasteiger charge is 2.32. The Labute approximate surface area is 204 Å². The van der Waals surface area contributed by atoms with E-state index in [2.05, 4.69) is 15.4 Å². The predicted molar refractivity (Wildman–Crippen MR) is 129 cm³/mol. The van der Waals surface area contributed by atoms with E-state index < -0.39 is 22.3 Å². The van der Waals surface area contributed by atoms with Crippen LogP contribution in [0.5, 0.6) is 0 Å². The van der Waals surface area contributed by atoms with Crippen molar-refractivity contribution in [3.8, 4) is 0 Å². The summed E-state index contributed by atoms with van der Waals surface area (Å²) in [7, 11) is -3.93. The van der Waals surface area contributed by atoms with Gasteiger partial charge in [-0.15, -0.1) is 0 Å². The zero-order chi connectivity index (χ0) is 24.8. The van der Waals surface area contributed by atoms with Gasteiger partial charge in [-0.05, 0) is 42.4 Å². The van der Waals surface area contributed by atoms with Gasteiger partial charge in [0.05, 0.1) is 6.54 Å². The maximum atomic E-state index is 12.5. The molecular weight excluding hydrogens is 470 g/mol. The van der Waals surface area contributed by atoms with Gasteiger partial charge in [0.1, 0.15) is 0 Å². The van der Waals surface area contributed by atoms with Crippen molar-refractivity contribution in [3.63, 3.8) is 0 Å². The maximum absolute atomic E-state index is 12.5. The molecule has 0 atom stereocenters. The van der Waals surface area contributed by atoms with Gasteiger partial charge >= 0.3 is 22.3 Å². The molecule has 186 valence electrons. The van der Waals surface area contributed by atoms with E-state index in [9.17, 15) is 22.8 Å². The summed E-state index contributed by atoms with van der Waals surface area (Å²) in [6.07, 6.45) is 1.92. The van der Waals surface area contributed by atoms with Crippen LogP contribution >= 0.6 is 0 Å². The standard InChI is InChI=1S/C24H29N5O5S/c30-22-21-9-5-4-8-20(21)17-29(22)24(32)25-13-10-18-11-14-28(15-12-18)35(33,34)27-23(31)26-16-19-6-2-1-3-7-19/h1-9,18H,10-17H2,(H,25,32)(H2,26,27,31). The van der Waals surface area contributed by atoms with Crippen LogP contribution in [0.1, 0.15) is 40.7 Å². The van der Waals surface area contributed by atoms with Crippen LogP contribution in [0.25, 0.3) is 0 Å². The first kappa shape index (κ1) is 24.7. The van der Waals surface area contributed by atoms with Crippen LogP contribution in [0.3, 0.4) is 0 Å².